The van der Waals surface area contributed by atoms with Gasteiger partial charge >= 0.3 is 0 Å². The lowest BCUT2D eigenvalue weighted by Crippen LogP contribution is -2.20. The molecule has 2 N–H and O–H groups in total. The Balaban J connectivity index is 1.38. The van der Waals surface area contributed by atoms with Crippen LogP contribution < -0.4 is 10.6 Å². The second-order valence-electron chi connectivity index (χ2n) is 10.0. The number of anilines is 3. The number of hydrogen-bond donors (Lipinski definition) is 2. The zero-order valence-electron chi connectivity index (χ0n) is 21.7. The van der Waals surface area contributed by atoms with Crippen LogP contribution in [0.3, 0.4) is 0 Å². The Morgan fingerprint density at radius 2 is 2.05 bits per heavy atom. The summed E-state index contributed by atoms with van der Waals surface area (Å²) < 4.78 is 5.43. The number of ketones is 1. The van der Waals surface area contributed by atoms with Gasteiger partial charge in [-0.2, -0.15) is 5.26 Å². The summed E-state index contributed by atoms with van der Waals surface area (Å²) in [7, 11) is 0. The van der Waals surface area contributed by atoms with Gasteiger partial charge in [-0.1, -0.05) is 30.3 Å². The number of nitriles is 1. The SMILES string of the molecule is Cc1ccc(CC(=O)c2cccc(C(C)(C)C#N)c2)cc1Nc1ncnc2cnc(NC3CCOC3)nc12. The van der Waals surface area contributed by atoms with Crippen LogP contribution in [0, 0.1) is 18.3 Å². The van der Waals surface area contributed by atoms with Crippen LogP contribution in [0.2, 0.25) is 0 Å². The largest absolute Gasteiger partial charge is 0.379 e. The van der Waals surface area contributed by atoms with E-state index in [1.165, 1.54) is 6.33 Å². The molecular weight excluding hydrogens is 478 g/mol. The molecule has 0 spiro atoms. The molecule has 9 nitrogen and oxygen atoms in total. The van der Waals surface area contributed by atoms with Crippen LogP contribution >= 0.6 is 0 Å². The highest BCUT2D eigenvalue weighted by atomic mass is 16.5. The summed E-state index contributed by atoms with van der Waals surface area (Å²) in [5.41, 5.74) is 4.66. The maximum absolute atomic E-state index is 13.1. The first-order valence-corrected chi connectivity index (χ1v) is 12.6. The summed E-state index contributed by atoms with van der Waals surface area (Å²) in [5, 5.41) is 16.2. The monoisotopic (exact) mass is 507 g/mol. The maximum atomic E-state index is 13.1. The van der Waals surface area contributed by atoms with Gasteiger partial charge in [-0.3, -0.25) is 4.79 Å². The van der Waals surface area contributed by atoms with Crippen LogP contribution in [0.5, 0.6) is 0 Å². The lowest BCUT2D eigenvalue weighted by Gasteiger charge is -2.16. The Morgan fingerprint density at radius 3 is 2.84 bits per heavy atom. The summed E-state index contributed by atoms with van der Waals surface area (Å²) in [5.74, 6) is 1.05. The van der Waals surface area contributed by atoms with Crippen molar-refractivity contribution in [3.05, 3.63) is 77.2 Å². The van der Waals surface area contributed by atoms with Crippen LogP contribution in [-0.4, -0.2) is 45.0 Å². The zero-order chi connectivity index (χ0) is 26.7. The minimum Gasteiger partial charge on any atom is -0.379 e. The zero-order valence-corrected chi connectivity index (χ0v) is 21.7. The van der Waals surface area contributed by atoms with Crippen molar-refractivity contribution in [2.45, 2.75) is 45.1 Å². The fourth-order valence-electron chi connectivity index (χ4n) is 4.32. The minimum atomic E-state index is -0.665. The smallest absolute Gasteiger partial charge is 0.223 e. The van der Waals surface area contributed by atoms with Gasteiger partial charge in [-0.25, -0.2) is 19.9 Å². The van der Waals surface area contributed by atoms with Crippen molar-refractivity contribution >= 4 is 34.3 Å². The van der Waals surface area contributed by atoms with Crippen molar-refractivity contribution in [1.29, 1.82) is 5.26 Å². The number of rotatable bonds is 8. The predicted octanol–water partition coefficient (Wildman–Crippen LogP) is 4.90. The van der Waals surface area contributed by atoms with E-state index in [1.54, 1.807) is 12.3 Å². The normalized spacial score (nSPS) is 15.3. The molecule has 2 aromatic carbocycles. The van der Waals surface area contributed by atoms with Gasteiger partial charge in [0, 0.05) is 24.3 Å². The Hall–Kier alpha value is -4.42. The molecule has 4 aromatic rings. The maximum Gasteiger partial charge on any atom is 0.223 e. The molecule has 192 valence electrons. The van der Waals surface area contributed by atoms with Crippen molar-refractivity contribution in [2.24, 2.45) is 0 Å². The number of fused-ring (bicyclic) bond motifs is 1. The first kappa shape index (κ1) is 25.2. The van der Waals surface area contributed by atoms with E-state index >= 15 is 0 Å². The first-order chi connectivity index (χ1) is 18.3. The number of nitrogens with zero attached hydrogens (tertiary/aromatic N) is 5. The molecule has 1 aliphatic rings. The average molecular weight is 508 g/mol. The molecule has 1 fully saturated rings. The molecule has 0 saturated carbocycles. The van der Waals surface area contributed by atoms with Crippen molar-refractivity contribution in [3.8, 4) is 6.07 Å². The molecular formula is C29H29N7O2. The summed E-state index contributed by atoms with van der Waals surface area (Å²) in [6.45, 7) is 7.04. The topological polar surface area (TPSA) is 126 Å². The van der Waals surface area contributed by atoms with Gasteiger partial charge in [0.05, 0.1) is 30.3 Å². The molecule has 2 aromatic heterocycles. The molecule has 0 amide bonds. The lowest BCUT2D eigenvalue weighted by atomic mass is 9.85. The van der Waals surface area contributed by atoms with Crippen molar-refractivity contribution in [1.82, 2.24) is 19.9 Å². The number of carbonyl (C=O) groups excluding carboxylic acids is 1. The molecule has 5 rings (SSSR count). The lowest BCUT2D eigenvalue weighted by molar-refractivity contribution is 0.0993. The van der Waals surface area contributed by atoms with E-state index in [0.717, 1.165) is 35.4 Å². The van der Waals surface area contributed by atoms with Gasteiger partial charge in [0.1, 0.15) is 17.4 Å². The van der Waals surface area contributed by atoms with Gasteiger partial charge in [-0.05, 0) is 56.0 Å². The van der Waals surface area contributed by atoms with Crippen molar-refractivity contribution < 1.29 is 9.53 Å². The van der Waals surface area contributed by atoms with Crippen LogP contribution in [0.25, 0.3) is 11.0 Å². The van der Waals surface area contributed by atoms with Crippen molar-refractivity contribution in [2.75, 3.05) is 23.8 Å². The van der Waals surface area contributed by atoms with E-state index in [2.05, 4.69) is 36.6 Å². The van der Waals surface area contributed by atoms with Crippen LogP contribution in [-0.2, 0) is 16.6 Å². The number of nitrogens with one attached hydrogen (secondary N) is 2. The van der Waals surface area contributed by atoms with Crippen LogP contribution in [0.1, 0.15) is 47.3 Å². The van der Waals surface area contributed by atoms with Gasteiger partial charge in [0.2, 0.25) is 5.95 Å². The number of ether oxygens (including phenoxy) is 1. The molecule has 1 saturated heterocycles. The van der Waals surface area contributed by atoms with E-state index in [4.69, 9.17) is 4.74 Å². The molecule has 9 heteroatoms. The summed E-state index contributed by atoms with van der Waals surface area (Å²) >= 11 is 0. The Bertz CT molecular complexity index is 1540. The molecule has 0 aliphatic carbocycles. The summed E-state index contributed by atoms with van der Waals surface area (Å²) in [6.07, 6.45) is 4.29. The fourth-order valence-corrected chi connectivity index (χ4v) is 4.32. The minimum absolute atomic E-state index is 0.0118. The number of carbonyl (C=O) groups is 1. The first-order valence-electron chi connectivity index (χ1n) is 12.6. The van der Waals surface area contributed by atoms with E-state index in [1.807, 2.05) is 57.2 Å². The number of benzene rings is 2. The second kappa shape index (κ2) is 10.5. The number of aryl methyl sites for hydroxylation is 1. The Kier molecular flexibility index (Phi) is 6.99. The van der Waals surface area contributed by atoms with Gasteiger partial charge < -0.3 is 15.4 Å². The van der Waals surface area contributed by atoms with Crippen LogP contribution in [0.15, 0.2) is 55.0 Å². The van der Waals surface area contributed by atoms with E-state index < -0.39 is 5.41 Å². The fraction of sp³-hybridized carbons (Fsp3) is 0.310. The summed E-state index contributed by atoms with van der Waals surface area (Å²) in [6, 6.07) is 15.7. The molecule has 0 radical (unpaired) electrons. The third-order valence-corrected chi connectivity index (χ3v) is 6.75. The quantitative estimate of drug-likeness (QED) is 0.320. The van der Waals surface area contributed by atoms with E-state index in [-0.39, 0.29) is 18.2 Å². The highest BCUT2D eigenvalue weighted by Gasteiger charge is 2.21. The molecule has 3 heterocycles. The van der Waals surface area contributed by atoms with Crippen molar-refractivity contribution in [3.63, 3.8) is 0 Å². The van der Waals surface area contributed by atoms with Gasteiger partial charge in [0.25, 0.3) is 0 Å². The van der Waals surface area contributed by atoms with Crippen LogP contribution in [0.4, 0.5) is 17.5 Å². The molecule has 0 bridgehead atoms. The molecule has 38 heavy (non-hydrogen) atoms. The van der Waals surface area contributed by atoms with Gasteiger partial charge in [-0.15, -0.1) is 0 Å². The number of Topliss-reactive ketones (excluding diaryl/α,β-unsaturated/α-hetero) is 1. The number of hydrogen-bond acceptors (Lipinski definition) is 9. The molecule has 1 aliphatic heterocycles. The Labute approximate surface area is 221 Å². The highest BCUT2D eigenvalue weighted by molar-refractivity contribution is 5.98. The third kappa shape index (κ3) is 5.45. The number of aromatic nitrogens is 4. The highest BCUT2D eigenvalue weighted by Crippen LogP contribution is 2.27. The standard InChI is InChI=1S/C29H29N7O2/c1-18-7-8-19(12-25(37)20-5-4-6-21(13-20)29(2,3)16-30)11-23(18)35-27-26-24(32-17-33-27)14-31-28(36-26)34-22-9-10-38-15-22/h4-8,11,13-14,17,22H,9-10,12,15H2,1-3H3,(H,31,34,36)(H,32,33,35). The average Bonchev–Trinajstić information content (AvgIpc) is 3.44. The predicted molar refractivity (Wildman–Crippen MR) is 146 cm³/mol. The summed E-state index contributed by atoms with van der Waals surface area (Å²) in [4.78, 5) is 30.9. The van der Waals surface area contributed by atoms with Gasteiger partial charge in [0.15, 0.2) is 11.6 Å². The molecule has 1 unspecified atom stereocenters. The molecule has 1 atom stereocenters. The Morgan fingerprint density at radius 1 is 1.18 bits per heavy atom. The third-order valence-electron chi connectivity index (χ3n) is 6.75. The van der Waals surface area contributed by atoms with E-state index in [0.29, 0.717) is 35.0 Å². The van der Waals surface area contributed by atoms with E-state index in [9.17, 15) is 10.1 Å². The second-order valence-corrected chi connectivity index (χ2v) is 10.0.